The molecule has 0 fully saturated rings. The van der Waals surface area contributed by atoms with E-state index < -0.39 is 0 Å². The van der Waals surface area contributed by atoms with E-state index in [0.717, 1.165) is 11.1 Å². The van der Waals surface area contributed by atoms with Gasteiger partial charge in [0, 0.05) is 13.6 Å². The first-order valence-electron chi connectivity index (χ1n) is 6.46. The van der Waals surface area contributed by atoms with Crippen LogP contribution in [0.25, 0.3) is 0 Å². The Morgan fingerprint density at radius 3 is 3.00 bits per heavy atom. The Morgan fingerprint density at radius 2 is 2.32 bits per heavy atom. The van der Waals surface area contributed by atoms with Crippen molar-refractivity contribution in [3.05, 3.63) is 29.3 Å². The highest BCUT2D eigenvalue weighted by atomic mass is 16.6. The molecule has 2 N–H and O–H groups in total. The van der Waals surface area contributed by atoms with Crippen LogP contribution in [0.3, 0.4) is 0 Å². The number of hydrogen-bond donors (Lipinski definition) is 1. The molecule has 2 atom stereocenters. The van der Waals surface area contributed by atoms with Crippen LogP contribution >= 0.6 is 0 Å². The maximum atomic E-state index is 11.7. The van der Waals surface area contributed by atoms with Gasteiger partial charge in [0.2, 0.25) is 0 Å². The van der Waals surface area contributed by atoms with Crippen LogP contribution in [0.5, 0.6) is 5.75 Å². The van der Waals surface area contributed by atoms with Crippen molar-refractivity contribution >= 4 is 6.09 Å². The molecule has 0 saturated carbocycles. The summed E-state index contributed by atoms with van der Waals surface area (Å²) in [6.07, 6.45) is -0.395. The Balaban J connectivity index is 2.19. The van der Waals surface area contributed by atoms with Gasteiger partial charge in [-0.25, -0.2) is 4.79 Å². The molecular weight excluding hydrogens is 244 g/mol. The fourth-order valence-corrected chi connectivity index (χ4v) is 1.96. The molecule has 1 aliphatic heterocycles. The maximum Gasteiger partial charge on any atom is 0.414 e. The minimum atomic E-state index is -0.365. The van der Waals surface area contributed by atoms with Gasteiger partial charge in [-0.3, -0.25) is 0 Å². The number of nitrogens with two attached hydrogens (primary N) is 1. The second-order valence-corrected chi connectivity index (χ2v) is 4.78. The van der Waals surface area contributed by atoms with Gasteiger partial charge in [-0.1, -0.05) is 6.07 Å². The van der Waals surface area contributed by atoms with Crippen molar-refractivity contribution in [2.24, 2.45) is 5.73 Å². The zero-order valence-electron chi connectivity index (χ0n) is 11.6. The molecule has 0 bridgehead atoms. The van der Waals surface area contributed by atoms with Gasteiger partial charge in [-0.05, 0) is 37.1 Å². The van der Waals surface area contributed by atoms with Crippen molar-refractivity contribution in [3.8, 4) is 5.75 Å². The summed E-state index contributed by atoms with van der Waals surface area (Å²) in [5.41, 5.74) is 8.14. The van der Waals surface area contributed by atoms with E-state index in [9.17, 15) is 4.79 Å². The van der Waals surface area contributed by atoms with Crippen LogP contribution in [0.15, 0.2) is 18.2 Å². The Bertz CT molecular complexity index is 476. The van der Waals surface area contributed by atoms with Gasteiger partial charge in [0.1, 0.15) is 5.75 Å². The van der Waals surface area contributed by atoms with Crippen molar-refractivity contribution in [1.82, 2.24) is 4.90 Å². The van der Waals surface area contributed by atoms with E-state index in [2.05, 4.69) is 0 Å². The third-order valence-electron chi connectivity index (χ3n) is 3.48. The largest absolute Gasteiger partial charge is 0.414 e. The highest BCUT2D eigenvalue weighted by Crippen LogP contribution is 2.30. The zero-order valence-corrected chi connectivity index (χ0v) is 11.6. The van der Waals surface area contributed by atoms with Crippen molar-refractivity contribution in [2.75, 3.05) is 13.6 Å². The van der Waals surface area contributed by atoms with Crippen LogP contribution in [0, 0.1) is 0 Å². The van der Waals surface area contributed by atoms with E-state index in [1.807, 2.05) is 26.0 Å². The van der Waals surface area contributed by atoms with Gasteiger partial charge in [-0.15, -0.1) is 0 Å². The molecule has 1 amide bonds. The van der Waals surface area contributed by atoms with Gasteiger partial charge in [0.25, 0.3) is 0 Å². The number of hydrogen-bond acceptors (Lipinski definition) is 4. The quantitative estimate of drug-likeness (QED) is 0.888. The first-order valence-corrected chi connectivity index (χ1v) is 6.46. The molecule has 19 heavy (non-hydrogen) atoms. The lowest BCUT2D eigenvalue weighted by Gasteiger charge is -2.29. The monoisotopic (exact) mass is 264 g/mol. The van der Waals surface area contributed by atoms with Crippen LogP contribution in [-0.2, 0) is 11.3 Å². The molecule has 0 aromatic heterocycles. The molecule has 104 valence electrons. The molecule has 2 rings (SSSR count). The lowest BCUT2D eigenvalue weighted by molar-refractivity contribution is 0.0213. The van der Waals surface area contributed by atoms with Crippen LogP contribution in [0.4, 0.5) is 4.79 Å². The lowest BCUT2D eigenvalue weighted by atomic mass is 9.95. The van der Waals surface area contributed by atoms with Gasteiger partial charge in [0.05, 0.1) is 18.8 Å². The first kappa shape index (κ1) is 13.8. The molecule has 0 aliphatic carbocycles. The number of benzene rings is 1. The van der Waals surface area contributed by atoms with Crippen molar-refractivity contribution in [1.29, 1.82) is 0 Å². The van der Waals surface area contributed by atoms with E-state index in [-0.39, 0.29) is 18.2 Å². The van der Waals surface area contributed by atoms with E-state index in [1.54, 1.807) is 13.1 Å². The molecule has 0 spiro atoms. The summed E-state index contributed by atoms with van der Waals surface area (Å²) in [4.78, 5) is 13.2. The van der Waals surface area contributed by atoms with Gasteiger partial charge >= 0.3 is 6.09 Å². The van der Waals surface area contributed by atoms with Gasteiger partial charge in [0.15, 0.2) is 0 Å². The average Bonchev–Trinajstić information content (AvgIpc) is 2.42. The van der Waals surface area contributed by atoms with E-state index >= 15 is 0 Å². The fourth-order valence-electron chi connectivity index (χ4n) is 1.96. The summed E-state index contributed by atoms with van der Waals surface area (Å²) in [7, 11) is 1.70. The third-order valence-corrected chi connectivity index (χ3v) is 3.48. The topological polar surface area (TPSA) is 64.8 Å². The summed E-state index contributed by atoms with van der Waals surface area (Å²) >= 11 is 0. The van der Waals surface area contributed by atoms with E-state index in [4.69, 9.17) is 15.2 Å². The summed E-state index contributed by atoms with van der Waals surface area (Å²) in [6, 6.07) is 5.31. The Morgan fingerprint density at radius 1 is 1.58 bits per heavy atom. The Kier molecular flexibility index (Phi) is 4.07. The maximum absolute atomic E-state index is 11.7. The number of fused-ring (bicyclic) bond motifs is 1. The molecule has 0 saturated heterocycles. The fraction of sp³-hybridized carbons (Fsp3) is 0.500. The summed E-state index contributed by atoms with van der Waals surface area (Å²) in [5.74, 6) is 0.522. The minimum Gasteiger partial charge on any atom is -0.410 e. The lowest BCUT2D eigenvalue weighted by Crippen LogP contribution is -2.32. The van der Waals surface area contributed by atoms with E-state index in [1.165, 1.54) is 4.90 Å². The zero-order chi connectivity index (χ0) is 14.0. The molecule has 1 aromatic rings. The standard InChI is InChI=1S/C14H20N2O3/c1-4-16(3)14(17)19-11-6-5-10-8-18-9(2)13(15)12(10)7-11/h5-7,9,13H,4,8,15H2,1-3H3/t9?,13-/m1/s1. The summed E-state index contributed by atoms with van der Waals surface area (Å²) in [6.45, 7) is 4.99. The number of amides is 1. The van der Waals surface area contributed by atoms with Gasteiger partial charge in [-0.2, -0.15) is 0 Å². The number of rotatable bonds is 2. The van der Waals surface area contributed by atoms with Crippen LogP contribution < -0.4 is 10.5 Å². The molecule has 0 radical (unpaired) electrons. The molecule has 1 aliphatic rings. The van der Waals surface area contributed by atoms with Crippen LogP contribution in [-0.4, -0.2) is 30.7 Å². The summed E-state index contributed by atoms with van der Waals surface area (Å²) < 4.78 is 10.9. The number of carbonyl (C=O) groups is 1. The summed E-state index contributed by atoms with van der Waals surface area (Å²) in [5, 5.41) is 0. The molecule has 1 unspecified atom stereocenters. The molecule has 5 heteroatoms. The predicted molar refractivity (Wildman–Crippen MR) is 71.9 cm³/mol. The second kappa shape index (κ2) is 5.59. The van der Waals surface area contributed by atoms with Gasteiger partial charge < -0.3 is 20.1 Å². The smallest absolute Gasteiger partial charge is 0.410 e. The van der Waals surface area contributed by atoms with E-state index in [0.29, 0.717) is 18.9 Å². The number of ether oxygens (including phenoxy) is 2. The SMILES string of the molecule is CCN(C)C(=O)Oc1ccc2c(c1)[C@H](N)C(C)OC2. The normalized spacial score (nSPS) is 21.7. The molecular formula is C14H20N2O3. The Labute approximate surface area is 113 Å². The van der Waals surface area contributed by atoms with Crippen LogP contribution in [0.2, 0.25) is 0 Å². The van der Waals surface area contributed by atoms with Crippen molar-refractivity contribution in [2.45, 2.75) is 32.6 Å². The average molecular weight is 264 g/mol. The predicted octanol–water partition coefficient (Wildman–Crippen LogP) is 2.06. The highest BCUT2D eigenvalue weighted by molar-refractivity contribution is 5.70. The Hall–Kier alpha value is -1.59. The van der Waals surface area contributed by atoms with Crippen LogP contribution in [0.1, 0.15) is 31.0 Å². The molecule has 5 nitrogen and oxygen atoms in total. The number of nitrogens with zero attached hydrogens (tertiary/aromatic N) is 1. The first-order chi connectivity index (χ1) is 9.02. The number of carbonyl (C=O) groups excluding carboxylic acids is 1. The molecule has 1 heterocycles. The molecule has 1 aromatic carbocycles. The van der Waals surface area contributed by atoms with Crippen molar-refractivity contribution < 1.29 is 14.3 Å². The minimum absolute atomic E-state index is 0.0308. The third kappa shape index (κ3) is 2.88. The second-order valence-electron chi connectivity index (χ2n) is 4.78. The van der Waals surface area contributed by atoms with Crippen molar-refractivity contribution in [3.63, 3.8) is 0 Å². The highest BCUT2D eigenvalue weighted by Gasteiger charge is 2.24.